The van der Waals surface area contributed by atoms with Crippen molar-refractivity contribution in [2.24, 2.45) is 5.41 Å². The van der Waals surface area contributed by atoms with Gasteiger partial charge < -0.3 is 15.2 Å². The Morgan fingerprint density at radius 3 is 2.50 bits per heavy atom. The standard InChI is InChI=1S/C17H25NO4/c1-5-22-14-11-12(7-6-8-15(19)20)9-10-13(14)18-16(21)17(2,3)4/h9-11H,5-8H2,1-4H3,(H,18,21)(H,19,20). The third-order valence-electron chi connectivity index (χ3n) is 3.13. The molecule has 1 amide bonds. The predicted octanol–water partition coefficient (Wildman–Crippen LogP) is 3.48. The minimum atomic E-state index is -0.793. The molecule has 1 aromatic carbocycles. The molecule has 0 spiro atoms. The molecule has 0 saturated heterocycles. The number of rotatable bonds is 7. The molecule has 1 aromatic rings. The van der Waals surface area contributed by atoms with Crippen molar-refractivity contribution in [2.45, 2.75) is 47.0 Å². The minimum absolute atomic E-state index is 0.0768. The smallest absolute Gasteiger partial charge is 0.303 e. The fraction of sp³-hybridized carbons (Fsp3) is 0.529. The van der Waals surface area contributed by atoms with Gasteiger partial charge in [-0.25, -0.2) is 0 Å². The lowest BCUT2D eigenvalue weighted by atomic mass is 9.95. The van der Waals surface area contributed by atoms with Crippen molar-refractivity contribution in [3.63, 3.8) is 0 Å². The van der Waals surface area contributed by atoms with Crippen LogP contribution in [0.4, 0.5) is 5.69 Å². The second-order valence-corrected chi connectivity index (χ2v) is 6.21. The maximum atomic E-state index is 12.1. The fourth-order valence-corrected chi connectivity index (χ4v) is 1.85. The van der Waals surface area contributed by atoms with Crippen molar-refractivity contribution in [2.75, 3.05) is 11.9 Å². The SMILES string of the molecule is CCOc1cc(CCCC(=O)O)ccc1NC(=O)C(C)(C)C. The summed E-state index contributed by atoms with van der Waals surface area (Å²) in [5.41, 5.74) is 1.16. The van der Waals surface area contributed by atoms with Crippen molar-refractivity contribution in [3.8, 4) is 5.75 Å². The van der Waals surface area contributed by atoms with E-state index >= 15 is 0 Å². The number of hydrogen-bond acceptors (Lipinski definition) is 3. The Morgan fingerprint density at radius 2 is 1.95 bits per heavy atom. The third kappa shape index (κ3) is 5.76. The van der Waals surface area contributed by atoms with Crippen LogP contribution in [0.25, 0.3) is 0 Å². The lowest BCUT2D eigenvalue weighted by Gasteiger charge is -2.19. The van der Waals surface area contributed by atoms with E-state index in [9.17, 15) is 9.59 Å². The first kappa shape index (κ1) is 18.0. The van der Waals surface area contributed by atoms with Gasteiger partial charge in [-0.05, 0) is 37.5 Å². The molecule has 5 heteroatoms. The molecule has 0 bridgehead atoms. The summed E-state index contributed by atoms with van der Waals surface area (Å²) in [5.74, 6) is -0.251. The van der Waals surface area contributed by atoms with Crippen molar-refractivity contribution in [1.82, 2.24) is 0 Å². The van der Waals surface area contributed by atoms with Crippen LogP contribution in [-0.4, -0.2) is 23.6 Å². The summed E-state index contributed by atoms with van der Waals surface area (Å²) in [6, 6.07) is 5.57. The number of carbonyl (C=O) groups is 2. The number of aryl methyl sites for hydroxylation is 1. The summed E-state index contributed by atoms with van der Waals surface area (Å²) in [6.45, 7) is 7.93. The van der Waals surface area contributed by atoms with Crippen LogP contribution in [0.1, 0.15) is 46.1 Å². The Balaban J connectivity index is 2.85. The largest absolute Gasteiger partial charge is 0.492 e. The molecule has 0 aliphatic rings. The molecule has 0 radical (unpaired) electrons. The third-order valence-corrected chi connectivity index (χ3v) is 3.13. The van der Waals surface area contributed by atoms with E-state index in [1.165, 1.54) is 0 Å². The zero-order valence-corrected chi connectivity index (χ0v) is 13.7. The Hall–Kier alpha value is -2.04. The number of anilines is 1. The Kier molecular flexibility index (Phi) is 6.40. The van der Waals surface area contributed by atoms with Crippen LogP contribution in [0.3, 0.4) is 0 Å². The fourth-order valence-electron chi connectivity index (χ4n) is 1.85. The number of nitrogens with one attached hydrogen (secondary N) is 1. The van der Waals surface area contributed by atoms with E-state index in [0.29, 0.717) is 30.9 Å². The molecule has 2 N–H and O–H groups in total. The number of carbonyl (C=O) groups excluding carboxylic acids is 1. The number of carboxylic acid groups (broad SMARTS) is 1. The number of hydrogen-bond donors (Lipinski definition) is 2. The van der Waals surface area contributed by atoms with Crippen LogP contribution in [0, 0.1) is 5.41 Å². The molecule has 122 valence electrons. The molecule has 0 aliphatic heterocycles. The predicted molar refractivity (Wildman–Crippen MR) is 86.3 cm³/mol. The summed E-state index contributed by atoms with van der Waals surface area (Å²) in [5, 5.41) is 11.6. The second-order valence-electron chi connectivity index (χ2n) is 6.21. The molecule has 1 rings (SSSR count). The summed E-state index contributed by atoms with van der Waals surface area (Å²) >= 11 is 0. The molecule has 0 fully saturated rings. The van der Waals surface area contributed by atoms with Gasteiger partial charge in [-0.15, -0.1) is 0 Å². The highest BCUT2D eigenvalue weighted by Gasteiger charge is 2.22. The van der Waals surface area contributed by atoms with E-state index in [0.717, 1.165) is 5.56 Å². The van der Waals surface area contributed by atoms with Gasteiger partial charge in [0.15, 0.2) is 0 Å². The zero-order valence-electron chi connectivity index (χ0n) is 13.7. The summed E-state index contributed by atoms with van der Waals surface area (Å²) in [6.07, 6.45) is 1.39. The van der Waals surface area contributed by atoms with Gasteiger partial charge in [-0.1, -0.05) is 26.8 Å². The summed E-state index contributed by atoms with van der Waals surface area (Å²) < 4.78 is 5.59. The van der Waals surface area contributed by atoms with Gasteiger partial charge in [0, 0.05) is 11.8 Å². The van der Waals surface area contributed by atoms with Crippen LogP contribution < -0.4 is 10.1 Å². The summed E-state index contributed by atoms with van der Waals surface area (Å²) in [7, 11) is 0. The molecule has 0 aromatic heterocycles. The van der Waals surface area contributed by atoms with Gasteiger partial charge in [-0.2, -0.15) is 0 Å². The van der Waals surface area contributed by atoms with Gasteiger partial charge in [0.1, 0.15) is 5.75 Å². The van der Waals surface area contributed by atoms with E-state index < -0.39 is 11.4 Å². The Morgan fingerprint density at radius 1 is 1.27 bits per heavy atom. The van der Waals surface area contributed by atoms with Crippen LogP contribution in [-0.2, 0) is 16.0 Å². The Labute approximate surface area is 131 Å². The van der Waals surface area contributed by atoms with E-state index in [1.807, 2.05) is 45.9 Å². The lowest BCUT2D eigenvalue weighted by Crippen LogP contribution is -2.27. The number of aliphatic carboxylic acids is 1. The van der Waals surface area contributed by atoms with Crippen molar-refractivity contribution in [1.29, 1.82) is 0 Å². The molecule has 0 aliphatic carbocycles. The molecular weight excluding hydrogens is 282 g/mol. The average Bonchev–Trinajstić information content (AvgIpc) is 2.40. The highest BCUT2D eigenvalue weighted by atomic mass is 16.5. The number of carboxylic acids is 1. The van der Waals surface area contributed by atoms with Crippen LogP contribution in [0.2, 0.25) is 0 Å². The Bertz CT molecular complexity index is 532. The van der Waals surface area contributed by atoms with Gasteiger partial charge in [0.25, 0.3) is 0 Å². The van der Waals surface area contributed by atoms with Crippen LogP contribution in [0.15, 0.2) is 18.2 Å². The molecule has 5 nitrogen and oxygen atoms in total. The van der Waals surface area contributed by atoms with Crippen LogP contribution >= 0.6 is 0 Å². The first-order valence-corrected chi connectivity index (χ1v) is 7.53. The number of amides is 1. The molecule has 0 saturated carbocycles. The van der Waals surface area contributed by atoms with E-state index in [4.69, 9.17) is 9.84 Å². The highest BCUT2D eigenvalue weighted by molar-refractivity contribution is 5.95. The van der Waals surface area contributed by atoms with E-state index in [-0.39, 0.29) is 12.3 Å². The monoisotopic (exact) mass is 307 g/mol. The number of ether oxygens (including phenoxy) is 1. The van der Waals surface area contributed by atoms with E-state index in [1.54, 1.807) is 0 Å². The topological polar surface area (TPSA) is 75.6 Å². The number of benzene rings is 1. The van der Waals surface area contributed by atoms with Crippen LogP contribution in [0.5, 0.6) is 5.75 Å². The maximum absolute atomic E-state index is 12.1. The van der Waals surface area contributed by atoms with Crippen molar-refractivity contribution >= 4 is 17.6 Å². The highest BCUT2D eigenvalue weighted by Crippen LogP contribution is 2.28. The normalized spacial score (nSPS) is 11.1. The van der Waals surface area contributed by atoms with Crippen molar-refractivity contribution < 1.29 is 19.4 Å². The van der Waals surface area contributed by atoms with Gasteiger partial charge in [0.05, 0.1) is 12.3 Å². The lowest BCUT2D eigenvalue weighted by molar-refractivity contribution is -0.137. The molecule has 0 heterocycles. The molecule has 0 unspecified atom stereocenters. The second kappa shape index (κ2) is 7.82. The maximum Gasteiger partial charge on any atom is 0.303 e. The van der Waals surface area contributed by atoms with Gasteiger partial charge in [0.2, 0.25) is 5.91 Å². The minimum Gasteiger partial charge on any atom is -0.492 e. The first-order chi connectivity index (χ1) is 10.2. The summed E-state index contributed by atoms with van der Waals surface area (Å²) in [4.78, 5) is 22.6. The van der Waals surface area contributed by atoms with E-state index in [2.05, 4.69) is 5.32 Å². The molecular formula is C17H25NO4. The van der Waals surface area contributed by atoms with Gasteiger partial charge >= 0.3 is 5.97 Å². The zero-order chi connectivity index (χ0) is 16.8. The molecule has 22 heavy (non-hydrogen) atoms. The quantitative estimate of drug-likeness (QED) is 0.808. The first-order valence-electron chi connectivity index (χ1n) is 7.53. The average molecular weight is 307 g/mol. The van der Waals surface area contributed by atoms with Crippen molar-refractivity contribution in [3.05, 3.63) is 23.8 Å². The molecule has 0 atom stereocenters. The van der Waals surface area contributed by atoms with Gasteiger partial charge in [-0.3, -0.25) is 9.59 Å².